The Bertz CT molecular complexity index is 1200. The summed E-state index contributed by atoms with van der Waals surface area (Å²) in [5.74, 6) is -0.389. The van der Waals surface area contributed by atoms with Gasteiger partial charge in [0.1, 0.15) is 0 Å². The van der Waals surface area contributed by atoms with Crippen molar-refractivity contribution in [3.63, 3.8) is 0 Å². The van der Waals surface area contributed by atoms with Crippen LogP contribution in [-0.2, 0) is 6.54 Å². The summed E-state index contributed by atoms with van der Waals surface area (Å²) >= 11 is 3.37. The number of nitrogens with one attached hydrogen (secondary N) is 2. The first kappa shape index (κ1) is 20.2. The third-order valence-electron chi connectivity index (χ3n) is 4.16. The van der Waals surface area contributed by atoms with Crippen LogP contribution < -0.4 is 16.5 Å². The topological polar surface area (TPSA) is 149 Å². The summed E-state index contributed by atoms with van der Waals surface area (Å²) in [7, 11) is 0. The Morgan fingerprint density at radius 1 is 1.16 bits per heavy atom. The zero-order valence-electron chi connectivity index (χ0n) is 15.9. The van der Waals surface area contributed by atoms with Gasteiger partial charge in [-0.1, -0.05) is 51.5 Å². The summed E-state index contributed by atoms with van der Waals surface area (Å²) in [4.78, 5) is 12.7. The number of benzene rings is 2. The highest BCUT2D eigenvalue weighted by Gasteiger charge is 2.23. The quantitative estimate of drug-likeness (QED) is 0.269. The van der Waals surface area contributed by atoms with Crippen LogP contribution in [0.2, 0.25) is 0 Å². The number of hydrogen-bond donors (Lipinski definition) is 3. The number of amides is 1. The highest BCUT2D eigenvalue weighted by atomic mass is 79.9. The molecule has 0 aliphatic heterocycles. The summed E-state index contributed by atoms with van der Waals surface area (Å²) in [6.45, 7) is 0.211. The fourth-order valence-corrected chi connectivity index (χ4v) is 2.92. The van der Waals surface area contributed by atoms with E-state index in [-0.39, 0.29) is 23.9 Å². The average Bonchev–Trinajstić information content (AvgIpc) is 3.40. The molecule has 0 saturated heterocycles. The normalized spacial score (nSPS) is 11.0. The Kier molecular flexibility index (Phi) is 5.98. The van der Waals surface area contributed by atoms with E-state index in [4.69, 9.17) is 5.73 Å². The first-order chi connectivity index (χ1) is 15.1. The van der Waals surface area contributed by atoms with Crippen LogP contribution in [-0.4, -0.2) is 37.4 Å². The number of hydrazone groups is 1. The van der Waals surface area contributed by atoms with Gasteiger partial charge >= 0.3 is 0 Å². The van der Waals surface area contributed by atoms with Crippen molar-refractivity contribution in [3.05, 3.63) is 76.0 Å². The van der Waals surface area contributed by atoms with E-state index in [9.17, 15) is 4.79 Å². The summed E-state index contributed by atoms with van der Waals surface area (Å²) < 4.78 is 6.90. The molecule has 2 aromatic carbocycles. The van der Waals surface area contributed by atoms with Gasteiger partial charge in [-0.2, -0.15) is 9.78 Å². The molecule has 0 atom stereocenters. The van der Waals surface area contributed by atoms with E-state index >= 15 is 0 Å². The molecule has 2 heterocycles. The monoisotopic (exact) mass is 481 g/mol. The predicted molar refractivity (Wildman–Crippen MR) is 117 cm³/mol. The van der Waals surface area contributed by atoms with E-state index < -0.39 is 5.91 Å². The SMILES string of the molecule is Nc1nonc1-n1nnc(C(=O)NN=Cc2ccc(Br)cc2)c1CNc1ccccc1. The van der Waals surface area contributed by atoms with E-state index in [0.717, 1.165) is 15.7 Å². The molecule has 12 heteroatoms. The molecule has 4 rings (SSSR count). The molecule has 0 unspecified atom stereocenters. The zero-order chi connectivity index (χ0) is 21.6. The molecule has 0 bridgehead atoms. The van der Waals surface area contributed by atoms with E-state index in [1.165, 1.54) is 10.9 Å². The van der Waals surface area contributed by atoms with Gasteiger partial charge in [0.15, 0.2) is 5.69 Å². The van der Waals surface area contributed by atoms with Gasteiger partial charge in [0, 0.05) is 10.2 Å². The predicted octanol–water partition coefficient (Wildman–Crippen LogP) is 2.37. The van der Waals surface area contributed by atoms with Gasteiger partial charge in [0.05, 0.1) is 18.5 Å². The van der Waals surface area contributed by atoms with Gasteiger partial charge in [-0.05, 0) is 40.1 Å². The molecular formula is C19H16BrN9O2. The molecule has 156 valence electrons. The molecule has 0 aliphatic carbocycles. The molecule has 0 aliphatic rings. The van der Waals surface area contributed by atoms with Crippen LogP contribution in [0.25, 0.3) is 5.82 Å². The molecule has 31 heavy (non-hydrogen) atoms. The number of hydrogen-bond acceptors (Lipinski definition) is 9. The highest BCUT2D eigenvalue weighted by Crippen LogP contribution is 2.17. The summed E-state index contributed by atoms with van der Waals surface area (Å²) in [6.07, 6.45) is 1.52. The first-order valence-corrected chi connectivity index (χ1v) is 9.82. The lowest BCUT2D eigenvalue weighted by molar-refractivity contribution is 0.0949. The number of carbonyl (C=O) groups is 1. The summed E-state index contributed by atoms with van der Waals surface area (Å²) in [5.41, 5.74) is 10.4. The van der Waals surface area contributed by atoms with Crippen molar-refractivity contribution >= 4 is 39.6 Å². The van der Waals surface area contributed by atoms with Crippen molar-refractivity contribution in [1.82, 2.24) is 30.7 Å². The minimum absolute atomic E-state index is 0.0195. The van der Waals surface area contributed by atoms with Gasteiger partial charge in [-0.15, -0.1) is 5.10 Å². The lowest BCUT2D eigenvalue weighted by Crippen LogP contribution is -2.21. The molecule has 1 amide bonds. The van der Waals surface area contributed by atoms with Crippen molar-refractivity contribution < 1.29 is 9.42 Å². The number of rotatable bonds is 7. The number of nitrogens with two attached hydrogens (primary N) is 1. The van der Waals surface area contributed by atoms with E-state index in [2.05, 4.69) is 57.0 Å². The Morgan fingerprint density at radius 3 is 2.65 bits per heavy atom. The highest BCUT2D eigenvalue weighted by molar-refractivity contribution is 9.10. The molecule has 0 saturated carbocycles. The Labute approximate surface area is 184 Å². The van der Waals surface area contributed by atoms with Gasteiger partial charge < -0.3 is 11.1 Å². The molecule has 4 aromatic rings. The van der Waals surface area contributed by atoms with Crippen molar-refractivity contribution in [2.45, 2.75) is 6.54 Å². The number of nitrogens with zero attached hydrogens (tertiary/aromatic N) is 6. The first-order valence-electron chi connectivity index (χ1n) is 9.02. The van der Waals surface area contributed by atoms with Gasteiger partial charge in [0.2, 0.25) is 11.6 Å². The second-order valence-electron chi connectivity index (χ2n) is 6.24. The molecule has 4 N–H and O–H groups in total. The smallest absolute Gasteiger partial charge is 0.293 e. The zero-order valence-corrected chi connectivity index (χ0v) is 17.5. The number of nitrogen functional groups attached to an aromatic ring is 1. The second-order valence-corrected chi connectivity index (χ2v) is 7.16. The van der Waals surface area contributed by atoms with Crippen LogP contribution in [0, 0.1) is 0 Å². The third kappa shape index (κ3) is 4.75. The van der Waals surface area contributed by atoms with Crippen LogP contribution in [0.4, 0.5) is 11.5 Å². The average molecular weight is 482 g/mol. The van der Waals surface area contributed by atoms with Crippen LogP contribution in [0.15, 0.2) is 68.8 Å². The van der Waals surface area contributed by atoms with Crippen LogP contribution in [0.1, 0.15) is 21.7 Å². The number of para-hydroxylation sites is 1. The minimum atomic E-state index is -0.542. The lowest BCUT2D eigenvalue weighted by Gasteiger charge is -2.08. The van der Waals surface area contributed by atoms with Gasteiger partial charge in [-0.3, -0.25) is 4.79 Å². The fraction of sp³-hybridized carbons (Fsp3) is 0.0526. The Morgan fingerprint density at radius 2 is 1.94 bits per heavy atom. The molecular weight excluding hydrogens is 466 g/mol. The van der Waals surface area contributed by atoms with Crippen LogP contribution in [0.5, 0.6) is 0 Å². The van der Waals surface area contributed by atoms with Crippen molar-refractivity contribution in [3.8, 4) is 5.82 Å². The lowest BCUT2D eigenvalue weighted by atomic mass is 10.2. The molecule has 11 nitrogen and oxygen atoms in total. The maximum atomic E-state index is 12.7. The maximum absolute atomic E-state index is 12.7. The van der Waals surface area contributed by atoms with Crippen molar-refractivity contribution in [1.29, 1.82) is 0 Å². The second kappa shape index (κ2) is 9.17. The number of halogens is 1. The van der Waals surface area contributed by atoms with E-state index in [0.29, 0.717) is 5.69 Å². The number of anilines is 2. The Balaban J connectivity index is 1.57. The number of aromatic nitrogens is 5. The number of carbonyl (C=O) groups excluding carboxylic acids is 1. The Hall–Kier alpha value is -4.06. The van der Waals surface area contributed by atoms with Crippen LogP contribution >= 0.6 is 15.9 Å². The summed E-state index contributed by atoms with van der Waals surface area (Å²) in [6, 6.07) is 16.9. The fourth-order valence-electron chi connectivity index (χ4n) is 2.65. The maximum Gasteiger partial charge on any atom is 0.293 e. The molecule has 0 radical (unpaired) electrons. The van der Waals surface area contributed by atoms with Crippen LogP contribution in [0.3, 0.4) is 0 Å². The van der Waals surface area contributed by atoms with E-state index in [1.807, 2.05) is 54.6 Å². The van der Waals surface area contributed by atoms with Crippen molar-refractivity contribution in [2.24, 2.45) is 5.10 Å². The molecule has 2 aromatic heterocycles. The standard InChI is InChI=1S/C19H16BrN9O2/c20-13-8-6-12(7-9-13)10-23-25-19(30)16-15(11-22-14-4-2-1-3-5-14)29(28-24-16)18-17(21)26-31-27-18/h1-10,22H,11H2,(H2,21,26)(H,25,30). The van der Waals surface area contributed by atoms with Gasteiger partial charge in [0.25, 0.3) is 5.91 Å². The largest absolute Gasteiger partial charge is 0.379 e. The van der Waals surface area contributed by atoms with Crippen molar-refractivity contribution in [2.75, 3.05) is 11.1 Å². The van der Waals surface area contributed by atoms with E-state index in [1.54, 1.807) is 0 Å². The molecule has 0 spiro atoms. The summed E-state index contributed by atoms with van der Waals surface area (Å²) in [5, 5.41) is 22.5. The third-order valence-corrected chi connectivity index (χ3v) is 4.69. The minimum Gasteiger partial charge on any atom is -0.379 e. The van der Waals surface area contributed by atoms with Gasteiger partial charge in [-0.25, -0.2) is 10.1 Å². The molecule has 0 fully saturated rings.